The second-order valence-corrected chi connectivity index (χ2v) is 17.6. The number of hydrogen-bond acceptors (Lipinski definition) is 3. The minimum atomic E-state index is -0.487. The van der Waals surface area contributed by atoms with Crippen LogP contribution in [-0.4, -0.2) is 7.28 Å². The fraction of sp³-hybridized carbons (Fsp3) is 0.0164. The highest BCUT2D eigenvalue weighted by Crippen LogP contribution is 2.64. The Bertz CT molecular complexity index is 3680. The van der Waals surface area contributed by atoms with Crippen LogP contribution >= 0.6 is 0 Å². The maximum Gasteiger partial charge on any atom is 0.198 e. The Balaban J connectivity index is 1.04. The van der Waals surface area contributed by atoms with Gasteiger partial charge in [0, 0.05) is 28.0 Å². The Kier molecular flexibility index (Phi) is 7.70. The third-order valence-corrected chi connectivity index (χ3v) is 14.3. The van der Waals surface area contributed by atoms with Gasteiger partial charge in [-0.15, -0.1) is 0 Å². The predicted octanol–water partition coefficient (Wildman–Crippen LogP) is 14.2. The number of nitrogens with one attached hydrogen (secondary N) is 1. The van der Waals surface area contributed by atoms with Gasteiger partial charge in [0.1, 0.15) is 11.2 Å². The Morgan fingerprint density at radius 1 is 0.415 bits per heavy atom. The zero-order chi connectivity index (χ0) is 42.6. The van der Waals surface area contributed by atoms with E-state index in [0.29, 0.717) is 0 Å². The lowest BCUT2D eigenvalue weighted by Crippen LogP contribution is -2.47. The van der Waals surface area contributed by atoms with E-state index in [1.807, 2.05) is 0 Å². The second-order valence-electron chi connectivity index (χ2n) is 17.6. The van der Waals surface area contributed by atoms with Gasteiger partial charge in [0.15, 0.2) is 7.28 Å². The first-order valence-corrected chi connectivity index (χ1v) is 22.5. The largest absolute Gasteiger partial charge is 0.456 e. The van der Waals surface area contributed by atoms with E-state index in [0.717, 1.165) is 57.3 Å². The van der Waals surface area contributed by atoms with Crippen molar-refractivity contribution >= 4 is 68.6 Å². The molecule has 2 aliphatic heterocycles. The van der Waals surface area contributed by atoms with Crippen molar-refractivity contribution in [3.8, 4) is 44.5 Å². The van der Waals surface area contributed by atoms with E-state index >= 15 is 0 Å². The van der Waals surface area contributed by atoms with Crippen LogP contribution in [0, 0.1) is 0 Å². The molecule has 1 aromatic heterocycles. The second kappa shape index (κ2) is 13.8. The monoisotopic (exact) mass is 826 g/mol. The SMILES string of the molecule is B1c2cccc3c2N(c2ccccc2C32c3ccccc3-c3ccccc32)c2c1c(-c1ccc(-c3ccccc3)cc1Nc1ccc(-c3ccccc3)cc1)cc1oc3ccccc3c21. The van der Waals surface area contributed by atoms with E-state index in [9.17, 15) is 0 Å². The molecular formula is C61H39BN2O. The molecule has 4 heteroatoms. The van der Waals surface area contributed by atoms with E-state index < -0.39 is 5.41 Å². The molecule has 1 spiro atoms. The van der Waals surface area contributed by atoms with Gasteiger partial charge in [0.2, 0.25) is 0 Å². The third-order valence-electron chi connectivity index (χ3n) is 14.3. The van der Waals surface area contributed by atoms with Crippen molar-refractivity contribution in [1.29, 1.82) is 0 Å². The molecule has 1 N–H and O–H groups in total. The van der Waals surface area contributed by atoms with Gasteiger partial charge in [0.25, 0.3) is 0 Å². The summed E-state index contributed by atoms with van der Waals surface area (Å²) < 4.78 is 6.94. The molecule has 65 heavy (non-hydrogen) atoms. The molecule has 0 atom stereocenters. The van der Waals surface area contributed by atoms with Crippen molar-refractivity contribution in [2.45, 2.75) is 5.41 Å². The third kappa shape index (κ3) is 5.14. The molecule has 302 valence electrons. The smallest absolute Gasteiger partial charge is 0.198 e. The number of para-hydroxylation sites is 3. The number of fused-ring (bicyclic) bond motifs is 15. The van der Waals surface area contributed by atoms with Crippen molar-refractivity contribution in [2.75, 3.05) is 10.2 Å². The molecule has 3 nitrogen and oxygen atoms in total. The summed E-state index contributed by atoms with van der Waals surface area (Å²) in [6.07, 6.45) is 0. The maximum atomic E-state index is 6.94. The predicted molar refractivity (Wildman–Crippen MR) is 272 cm³/mol. The van der Waals surface area contributed by atoms with Gasteiger partial charge in [0.05, 0.1) is 22.2 Å². The van der Waals surface area contributed by atoms with Gasteiger partial charge >= 0.3 is 0 Å². The van der Waals surface area contributed by atoms with Crippen molar-refractivity contribution in [3.05, 3.63) is 247 Å². The number of furan rings is 1. The molecule has 14 rings (SSSR count). The zero-order valence-electron chi connectivity index (χ0n) is 35.4. The van der Waals surface area contributed by atoms with Crippen LogP contribution in [0.1, 0.15) is 22.3 Å². The Morgan fingerprint density at radius 2 is 1.02 bits per heavy atom. The van der Waals surface area contributed by atoms with E-state index in [1.54, 1.807) is 0 Å². The quantitative estimate of drug-likeness (QED) is 0.175. The molecular weight excluding hydrogens is 787 g/mol. The molecule has 0 fully saturated rings. The molecule has 3 heterocycles. The van der Waals surface area contributed by atoms with Gasteiger partial charge in [-0.05, 0) is 103 Å². The molecule has 0 saturated carbocycles. The average Bonchev–Trinajstić information content (AvgIpc) is 3.89. The van der Waals surface area contributed by atoms with E-state index in [1.165, 1.54) is 78.1 Å². The number of nitrogens with zero attached hydrogens (tertiary/aromatic N) is 1. The Morgan fingerprint density at radius 3 is 1.77 bits per heavy atom. The number of anilines is 5. The summed E-state index contributed by atoms with van der Waals surface area (Å²) in [5, 5.41) is 6.19. The molecule has 10 aromatic carbocycles. The minimum Gasteiger partial charge on any atom is -0.456 e. The zero-order valence-corrected chi connectivity index (χ0v) is 35.4. The van der Waals surface area contributed by atoms with Crippen LogP contribution in [0.5, 0.6) is 0 Å². The van der Waals surface area contributed by atoms with Crippen LogP contribution in [0.25, 0.3) is 66.4 Å². The first-order valence-electron chi connectivity index (χ1n) is 22.5. The highest BCUT2D eigenvalue weighted by atomic mass is 16.3. The molecule has 0 bridgehead atoms. The fourth-order valence-corrected chi connectivity index (χ4v) is 11.6. The number of hydrogen-bond donors (Lipinski definition) is 1. The summed E-state index contributed by atoms with van der Waals surface area (Å²) in [7, 11) is 0.757. The normalized spacial score (nSPS) is 13.4. The lowest BCUT2D eigenvalue weighted by Gasteiger charge is -2.48. The van der Waals surface area contributed by atoms with E-state index in [2.05, 4.69) is 235 Å². The van der Waals surface area contributed by atoms with E-state index in [4.69, 9.17) is 4.42 Å². The summed E-state index contributed by atoms with van der Waals surface area (Å²) in [6.45, 7) is 0. The van der Waals surface area contributed by atoms with E-state index in [-0.39, 0.29) is 0 Å². The maximum absolute atomic E-state index is 6.94. The number of rotatable bonds is 5. The highest BCUT2D eigenvalue weighted by Gasteiger charge is 2.53. The van der Waals surface area contributed by atoms with Crippen molar-refractivity contribution < 1.29 is 4.42 Å². The summed E-state index contributed by atoms with van der Waals surface area (Å²) in [6, 6.07) is 82.1. The summed E-state index contributed by atoms with van der Waals surface area (Å²) >= 11 is 0. The van der Waals surface area contributed by atoms with Gasteiger partial charge < -0.3 is 14.6 Å². The van der Waals surface area contributed by atoms with Gasteiger partial charge in [-0.25, -0.2) is 0 Å². The molecule has 0 radical (unpaired) electrons. The van der Waals surface area contributed by atoms with Crippen LogP contribution in [-0.2, 0) is 5.41 Å². The van der Waals surface area contributed by atoms with Crippen molar-refractivity contribution in [1.82, 2.24) is 0 Å². The van der Waals surface area contributed by atoms with Gasteiger partial charge in [-0.3, -0.25) is 0 Å². The van der Waals surface area contributed by atoms with Crippen LogP contribution in [0.4, 0.5) is 28.4 Å². The Hall–Kier alpha value is -8.34. The Labute approximate surface area is 378 Å². The highest BCUT2D eigenvalue weighted by molar-refractivity contribution is 6.74. The molecule has 1 aliphatic carbocycles. The average molecular weight is 827 g/mol. The van der Waals surface area contributed by atoms with Gasteiger partial charge in [-0.2, -0.15) is 0 Å². The standard InChI is InChI=1S/C61H39BN2O/c1-3-16-38(17-4-1)40-30-33-42(34-31-40)63-53-36-41(39-18-5-2-6-19-39)32-35-45(53)47-37-56-57(46-22-9-14-29-55(46)65-56)60-58(47)62-52-27-15-26-51-59(52)64(60)54-28-13-12-25-50(54)61(51)48-23-10-7-20-43(48)44-21-8-11-24-49(44)61/h1-37,62-63H. The van der Waals surface area contributed by atoms with Crippen LogP contribution in [0.15, 0.2) is 229 Å². The van der Waals surface area contributed by atoms with Crippen molar-refractivity contribution in [3.63, 3.8) is 0 Å². The van der Waals surface area contributed by atoms with Crippen LogP contribution in [0.3, 0.4) is 0 Å². The minimum absolute atomic E-state index is 0.487. The van der Waals surface area contributed by atoms with Crippen LogP contribution < -0.4 is 21.1 Å². The molecule has 0 amide bonds. The van der Waals surface area contributed by atoms with Crippen molar-refractivity contribution in [2.24, 2.45) is 0 Å². The lowest BCUT2D eigenvalue weighted by molar-refractivity contribution is 0.669. The van der Waals surface area contributed by atoms with Gasteiger partial charge in [-0.1, -0.05) is 194 Å². The van der Waals surface area contributed by atoms with Crippen LogP contribution in [0.2, 0.25) is 0 Å². The topological polar surface area (TPSA) is 28.4 Å². The molecule has 0 saturated heterocycles. The first-order chi connectivity index (χ1) is 32.2. The first kappa shape index (κ1) is 36.2. The summed E-state index contributed by atoms with van der Waals surface area (Å²) in [4.78, 5) is 2.61. The molecule has 0 unspecified atom stereocenters. The number of benzene rings is 10. The summed E-state index contributed by atoms with van der Waals surface area (Å²) in [5.74, 6) is 0. The molecule has 11 aromatic rings. The molecule has 3 aliphatic rings. The summed E-state index contributed by atoms with van der Waals surface area (Å²) in [5.41, 5.74) is 24.5. The lowest BCUT2D eigenvalue weighted by atomic mass is 9.54. The fourth-order valence-electron chi connectivity index (χ4n) is 11.6.